The predicted octanol–water partition coefficient (Wildman–Crippen LogP) is 1.70. The van der Waals surface area contributed by atoms with Crippen LogP contribution in [0.25, 0.3) is 0 Å². The molecule has 0 aromatic rings. The maximum absolute atomic E-state index is 11.6. The van der Waals surface area contributed by atoms with Gasteiger partial charge in [0, 0.05) is 24.1 Å². The van der Waals surface area contributed by atoms with E-state index in [1.54, 1.807) is 6.08 Å². The standard InChI is InChI=1S/C10H10BrNO2S/c1-12-7-3-2-6(13)4-9(7)15-10(12)8(14)5-11/h3-4,10H,2,5H2,1H3. The Bertz CT molecular complexity index is 389. The predicted molar refractivity (Wildman–Crippen MR) is 63.7 cm³/mol. The van der Waals surface area contributed by atoms with E-state index in [4.69, 9.17) is 0 Å². The van der Waals surface area contributed by atoms with Gasteiger partial charge in [0.2, 0.25) is 0 Å². The first-order valence-corrected chi connectivity index (χ1v) is 6.57. The van der Waals surface area contributed by atoms with Gasteiger partial charge in [-0.15, -0.1) is 0 Å². The van der Waals surface area contributed by atoms with E-state index in [0.717, 1.165) is 10.6 Å². The van der Waals surface area contributed by atoms with E-state index < -0.39 is 0 Å². The zero-order valence-electron chi connectivity index (χ0n) is 8.20. The monoisotopic (exact) mass is 287 g/mol. The van der Waals surface area contributed by atoms with Crippen molar-refractivity contribution in [2.24, 2.45) is 0 Å². The minimum Gasteiger partial charge on any atom is -0.355 e. The van der Waals surface area contributed by atoms with Crippen molar-refractivity contribution in [1.82, 2.24) is 4.90 Å². The smallest absolute Gasteiger partial charge is 0.176 e. The van der Waals surface area contributed by atoms with Gasteiger partial charge < -0.3 is 4.90 Å². The Morgan fingerprint density at radius 1 is 1.73 bits per heavy atom. The number of likely N-dealkylation sites (N-methyl/N-ethyl adjacent to an activating group) is 1. The lowest BCUT2D eigenvalue weighted by atomic mass is 10.1. The van der Waals surface area contributed by atoms with Gasteiger partial charge in [-0.25, -0.2) is 0 Å². The highest BCUT2D eigenvalue weighted by atomic mass is 79.9. The van der Waals surface area contributed by atoms with Crippen molar-refractivity contribution in [1.29, 1.82) is 0 Å². The summed E-state index contributed by atoms with van der Waals surface area (Å²) in [6, 6.07) is 0. The molecule has 0 saturated carbocycles. The second kappa shape index (κ2) is 4.14. The number of halogens is 1. The second-order valence-electron chi connectivity index (χ2n) is 3.45. The summed E-state index contributed by atoms with van der Waals surface area (Å²) >= 11 is 4.63. The fraction of sp³-hybridized carbons (Fsp3) is 0.400. The summed E-state index contributed by atoms with van der Waals surface area (Å²) in [4.78, 5) is 25.7. The first kappa shape index (κ1) is 11.0. The molecule has 0 radical (unpaired) electrons. The molecule has 0 spiro atoms. The van der Waals surface area contributed by atoms with Gasteiger partial charge in [0.25, 0.3) is 0 Å². The Labute approximate surface area is 101 Å². The first-order valence-electron chi connectivity index (χ1n) is 4.56. The SMILES string of the molecule is CN1C2=CCC(=O)C=C2SC1C(=O)CBr. The number of alkyl halides is 1. The van der Waals surface area contributed by atoms with Gasteiger partial charge in [0.15, 0.2) is 11.6 Å². The van der Waals surface area contributed by atoms with Gasteiger partial charge in [-0.05, 0) is 6.08 Å². The number of hydrogen-bond donors (Lipinski definition) is 0. The molecule has 2 rings (SSSR count). The molecule has 1 atom stereocenters. The van der Waals surface area contributed by atoms with Crippen molar-refractivity contribution >= 4 is 39.3 Å². The molecule has 3 nitrogen and oxygen atoms in total. The van der Waals surface area contributed by atoms with Crippen molar-refractivity contribution in [2.45, 2.75) is 11.8 Å². The first-order chi connectivity index (χ1) is 7.13. The number of fused-ring (bicyclic) bond motifs is 1. The topological polar surface area (TPSA) is 37.4 Å². The highest BCUT2D eigenvalue weighted by Crippen LogP contribution is 2.42. The van der Waals surface area contributed by atoms with Crippen LogP contribution in [0.2, 0.25) is 0 Å². The van der Waals surface area contributed by atoms with Crippen LogP contribution in [0.15, 0.2) is 22.8 Å². The molecule has 80 valence electrons. The molecular formula is C10H10BrNO2S. The minimum absolute atomic E-state index is 0.113. The van der Waals surface area contributed by atoms with E-state index >= 15 is 0 Å². The van der Waals surface area contributed by atoms with Crippen LogP contribution in [0.4, 0.5) is 0 Å². The lowest BCUT2D eigenvalue weighted by Gasteiger charge is -2.19. The van der Waals surface area contributed by atoms with Gasteiger partial charge in [-0.3, -0.25) is 9.59 Å². The van der Waals surface area contributed by atoms with Crippen LogP contribution in [-0.4, -0.2) is 34.2 Å². The Morgan fingerprint density at radius 3 is 3.13 bits per heavy atom. The van der Waals surface area contributed by atoms with Crippen LogP contribution in [0.3, 0.4) is 0 Å². The minimum atomic E-state index is -0.187. The molecule has 1 saturated heterocycles. The van der Waals surface area contributed by atoms with Gasteiger partial charge in [0.05, 0.1) is 5.33 Å². The molecule has 1 heterocycles. The summed E-state index contributed by atoms with van der Waals surface area (Å²) in [5, 5.41) is 0.163. The number of ketones is 2. The van der Waals surface area contributed by atoms with E-state index in [-0.39, 0.29) is 16.9 Å². The fourth-order valence-corrected chi connectivity index (χ4v) is 3.46. The van der Waals surface area contributed by atoms with Crippen LogP contribution in [0, 0.1) is 0 Å². The maximum Gasteiger partial charge on any atom is 0.176 e. The van der Waals surface area contributed by atoms with Crippen molar-refractivity contribution in [3.63, 3.8) is 0 Å². The van der Waals surface area contributed by atoms with E-state index in [0.29, 0.717) is 11.8 Å². The molecule has 5 heteroatoms. The normalized spacial score (nSPS) is 24.8. The Kier molecular flexibility index (Phi) is 3.02. The molecule has 15 heavy (non-hydrogen) atoms. The number of rotatable bonds is 2. The molecule has 0 aromatic carbocycles. The Morgan fingerprint density at radius 2 is 2.47 bits per heavy atom. The summed E-state index contributed by atoms with van der Waals surface area (Å²) in [5.74, 6) is 0.243. The van der Waals surface area contributed by atoms with Gasteiger partial charge in [0.1, 0.15) is 5.37 Å². The van der Waals surface area contributed by atoms with Crippen LogP contribution in [-0.2, 0) is 9.59 Å². The Balaban J connectivity index is 2.27. The van der Waals surface area contributed by atoms with Crippen LogP contribution in [0.5, 0.6) is 0 Å². The third kappa shape index (κ3) is 1.90. The lowest BCUT2D eigenvalue weighted by molar-refractivity contribution is -0.117. The van der Waals surface area contributed by atoms with E-state index in [1.807, 2.05) is 18.0 Å². The van der Waals surface area contributed by atoms with Crippen molar-refractivity contribution in [3.05, 3.63) is 22.8 Å². The van der Waals surface area contributed by atoms with Crippen LogP contribution >= 0.6 is 27.7 Å². The molecule has 0 amide bonds. The maximum atomic E-state index is 11.6. The van der Waals surface area contributed by atoms with E-state index in [1.165, 1.54) is 11.8 Å². The molecule has 0 bridgehead atoms. The fourth-order valence-electron chi connectivity index (χ4n) is 1.66. The number of carbonyl (C=O) groups is 2. The van der Waals surface area contributed by atoms with Crippen molar-refractivity contribution < 1.29 is 9.59 Å². The average Bonchev–Trinajstić information content (AvgIpc) is 2.54. The largest absolute Gasteiger partial charge is 0.355 e. The number of hydrogen-bond acceptors (Lipinski definition) is 4. The van der Waals surface area contributed by atoms with Gasteiger partial charge in [-0.1, -0.05) is 33.8 Å². The number of allylic oxidation sites excluding steroid dienone is 2. The molecule has 1 fully saturated rings. The summed E-state index contributed by atoms with van der Waals surface area (Å²) in [6.07, 6.45) is 3.98. The average molecular weight is 288 g/mol. The van der Waals surface area contributed by atoms with Crippen LogP contribution in [0.1, 0.15) is 6.42 Å². The van der Waals surface area contributed by atoms with Crippen LogP contribution < -0.4 is 0 Å². The zero-order valence-corrected chi connectivity index (χ0v) is 10.6. The molecule has 2 aliphatic rings. The Hall–Kier alpha value is -0.550. The highest BCUT2D eigenvalue weighted by Gasteiger charge is 2.35. The molecular weight excluding hydrogens is 278 g/mol. The summed E-state index contributed by atoms with van der Waals surface area (Å²) in [7, 11) is 1.89. The lowest BCUT2D eigenvalue weighted by Crippen LogP contribution is -2.31. The van der Waals surface area contributed by atoms with Gasteiger partial charge in [-0.2, -0.15) is 0 Å². The molecule has 0 N–H and O–H groups in total. The molecule has 1 aliphatic carbocycles. The summed E-state index contributed by atoms with van der Waals surface area (Å²) in [5.41, 5.74) is 1.01. The number of carbonyl (C=O) groups excluding carboxylic acids is 2. The van der Waals surface area contributed by atoms with E-state index in [2.05, 4.69) is 15.9 Å². The zero-order chi connectivity index (χ0) is 11.0. The quantitative estimate of drug-likeness (QED) is 0.725. The molecule has 0 aromatic heterocycles. The third-order valence-electron chi connectivity index (χ3n) is 2.42. The molecule has 1 aliphatic heterocycles. The third-order valence-corrected chi connectivity index (χ3v) is 4.35. The van der Waals surface area contributed by atoms with Crippen molar-refractivity contribution in [2.75, 3.05) is 12.4 Å². The van der Waals surface area contributed by atoms with Crippen molar-refractivity contribution in [3.8, 4) is 0 Å². The molecule has 1 unspecified atom stereocenters. The van der Waals surface area contributed by atoms with E-state index in [9.17, 15) is 9.59 Å². The number of Topliss-reactive ketones (excluding diaryl/α,β-unsaturated/α-hetero) is 1. The summed E-state index contributed by atoms with van der Waals surface area (Å²) in [6.45, 7) is 0. The van der Waals surface area contributed by atoms with Gasteiger partial charge >= 0.3 is 0 Å². The summed E-state index contributed by atoms with van der Waals surface area (Å²) < 4.78 is 0. The number of thioether (sulfide) groups is 1. The highest BCUT2D eigenvalue weighted by molar-refractivity contribution is 9.09. The second-order valence-corrected chi connectivity index (χ2v) is 5.13. The number of nitrogens with zero attached hydrogens (tertiary/aromatic N) is 1.